The van der Waals surface area contributed by atoms with Crippen LogP contribution in [0.1, 0.15) is 24.0 Å². The number of nitrogen functional groups attached to an aromatic ring is 1. The molecule has 0 unspecified atom stereocenters. The van der Waals surface area contributed by atoms with Crippen molar-refractivity contribution in [1.29, 1.82) is 0 Å². The van der Waals surface area contributed by atoms with E-state index in [0.29, 0.717) is 0 Å². The minimum Gasteiger partial charge on any atom is -0.399 e. The molecule has 1 aromatic carbocycles. The number of nitrogens with two attached hydrogens (primary N) is 1. The standard InChI is InChI=1S/C16H19N3/c17-15-3-1-13(2-4-15)11-19(16-5-6-16)12-14-7-9-18-10-8-14/h1-4,7-10,16H,5-6,11-12,17H2. The molecule has 0 radical (unpaired) electrons. The first-order valence-corrected chi connectivity index (χ1v) is 6.78. The minimum atomic E-state index is 0.741. The molecule has 0 atom stereocenters. The van der Waals surface area contributed by atoms with Gasteiger partial charge in [-0.3, -0.25) is 9.88 Å². The molecule has 2 aromatic rings. The monoisotopic (exact) mass is 253 g/mol. The Morgan fingerprint density at radius 2 is 1.53 bits per heavy atom. The SMILES string of the molecule is Nc1ccc(CN(Cc2ccncc2)C2CC2)cc1. The largest absolute Gasteiger partial charge is 0.399 e. The predicted octanol–water partition coefficient (Wildman–Crippen LogP) is 2.83. The molecule has 1 saturated carbocycles. The van der Waals surface area contributed by atoms with Gasteiger partial charge in [-0.2, -0.15) is 0 Å². The lowest BCUT2D eigenvalue weighted by Crippen LogP contribution is -2.25. The Bertz CT molecular complexity index is 517. The molecular weight excluding hydrogens is 234 g/mol. The molecule has 1 heterocycles. The van der Waals surface area contributed by atoms with E-state index in [-0.39, 0.29) is 0 Å². The summed E-state index contributed by atoms with van der Waals surface area (Å²) in [7, 11) is 0. The van der Waals surface area contributed by atoms with E-state index in [1.54, 1.807) is 0 Å². The normalized spacial score (nSPS) is 14.8. The van der Waals surface area contributed by atoms with Crippen LogP contribution in [0.4, 0.5) is 5.69 Å². The summed E-state index contributed by atoms with van der Waals surface area (Å²) in [5.74, 6) is 0. The second-order valence-electron chi connectivity index (χ2n) is 5.23. The van der Waals surface area contributed by atoms with Gasteiger partial charge in [0.05, 0.1) is 0 Å². The molecule has 98 valence electrons. The Balaban J connectivity index is 1.69. The van der Waals surface area contributed by atoms with Gasteiger partial charge in [0, 0.05) is 37.2 Å². The number of nitrogens with zero attached hydrogens (tertiary/aromatic N) is 2. The van der Waals surface area contributed by atoms with E-state index in [1.807, 2.05) is 24.5 Å². The number of hydrogen-bond donors (Lipinski definition) is 1. The third-order valence-corrected chi connectivity index (χ3v) is 3.56. The summed E-state index contributed by atoms with van der Waals surface area (Å²) in [6.07, 6.45) is 6.37. The molecule has 0 aliphatic heterocycles. The fourth-order valence-electron chi connectivity index (χ4n) is 2.33. The van der Waals surface area contributed by atoms with Crippen molar-refractivity contribution in [3.8, 4) is 0 Å². The van der Waals surface area contributed by atoms with Crippen molar-refractivity contribution < 1.29 is 0 Å². The molecule has 0 amide bonds. The maximum atomic E-state index is 5.73. The van der Waals surface area contributed by atoms with Gasteiger partial charge in [0.2, 0.25) is 0 Å². The van der Waals surface area contributed by atoms with Crippen LogP contribution in [0.3, 0.4) is 0 Å². The quantitative estimate of drug-likeness (QED) is 0.833. The summed E-state index contributed by atoms with van der Waals surface area (Å²) in [5.41, 5.74) is 9.22. The lowest BCUT2D eigenvalue weighted by atomic mass is 10.1. The topological polar surface area (TPSA) is 42.1 Å². The molecular formula is C16H19N3. The molecule has 1 aromatic heterocycles. The predicted molar refractivity (Wildman–Crippen MR) is 77.4 cm³/mol. The molecule has 3 heteroatoms. The van der Waals surface area contributed by atoms with Gasteiger partial charge in [0.15, 0.2) is 0 Å². The summed E-state index contributed by atoms with van der Waals surface area (Å²) < 4.78 is 0. The molecule has 0 spiro atoms. The fraction of sp³-hybridized carbons (Fsp3) is 0.312. The zero-order chi connectivity index (χ0) is 13.1. The Kier molecular flexibility index (Phi) is 3.47. The van der Waals surface area contributed by atoms with Gasteiger partial charge < -0.3 is 5.73 Å². The Labute approximate surface area is 114 Å². The average Bonchev–Trinajstić information content (AvgIpc) is 3.26. The van der Waals surface area contributed by atoms with Gasteiger partial charge in [0.25, 0.3) is 0 Å². The van der Waals surface area contributed by atoms with E-state index in [9.17, 15) is 0 Å². The molecule has 1 aliphatic carbocycles. The number of anilines is 1. The van der Waals surface area contributed by atoms with Gasteiger partial charge >= 0.3 is 0 Å². The maximum Gasteiger partial charge on any atom is 0.0314 e. The van der Waals surface area contributed by atoms with Gasteiger partial charge in [-0.25, -0.2) is 0 Å². The Morgan fingerprint density at radius 3 is 2.11 bits per heavy atom. The van der Waals surface area contributed by atoms with Crippen molar-refractivity contribution in [3.05, 3.63) is 59.9 Å². The second-order valence-corrected chi connectivity index (χ2v) is 5.23. The highest BCUT2D eigenvalue weighted by Crippen LogP contribution is 2.29. The van der Waals surface area contributed by atoms with Crippen LogP contribution in [0, 0.1) is 0 Å². The van der Waals surface area contributed by atoms with E-state index >= 15 is 0 Å². The zero-order valence-corrected chi connectivity index (χ0v) is 11.0. The van der Waals surface area contributed by atoms with Crippen LogP contribution in [0.5, 0.6) is 0 Å². The van der Waals surface area contributed by atoms with Crippen molar-refractivity contribution in [2.24, 2.45) is 0 Å². The summed E-state index contributed by atoms with van der Waals surface area (Å²) in [6, 6.07) is 13.1. The summed E-state index contributed by atoms with van der Waals surface area (Å²) in [5, 5.41) is 0. The molecule has 3 nitrogen and oxygen atoms in total. The Morgan fingerprint density at radius 1 is 0.947 bits per heavy atom. The minimum absolute atomic E-state index is 0.741. The first-order chi connectivity index (χ1) is 9.31. The van der Waals surface area contributed by atoms with Crippen LogP contribution in [-0.2, 0) is 13.1 Å². The van der Waals surface area contributed by atoms with E-state index in [2.05, 4.69) is 34.1 Å². The third kappa shape index (κ3) is 3.32. The summed E-state index contributed by atoms with van der Waals surface area (Å²) >= 11 is 0. The van der Waals surface area contributed by atoms with E-state index in [4.69, 9.17) is 5.73 Å². The molecule has 0 saturated heterocycles. The van der Waals surface area contributed by atoms with Crippen molar-refractivity contribution in [2.45, 2.75) is 32.0 Å². The molecule has 1 aliphatic rings. The summed E-state index contributed by atoms with van der Waals surface area (Å²) in [6.45, 7) is 1.99. The average molecular weight is 253 g/mol. The lowest BCUT2D eigenvalue weighted by molar-refractivity contribution is 0.245. The van der Waals surface area contributed by atoms with Gasteiger partial charge in [-0.1, -0.05) is 12.1 Å². The first kappa shape index (κ1) is 12.2. The highest BCUT2D eigenvalue weighted by Gasteiger charge is 2.28. The van der Waals surface area contributed by atoms with Crippen LogP contribution in [0.2, 0.25) is 0 Å². The van der Waals surface area contributed by atoms with Crippen molar-refractivity contribution in [2.75, 3.05) is 5.73 Å². The molecule has 3 rings (SSSR count). The lowest BCUT2D eigenvalue weighted by Gasteiger charge is -2.22. The van der Waals surface area contributed by atoms with Crippen LogP contribution in [-0.4, -0.2) is 15.9 Å². The zero-order valence-electron chi connectivity index (χ0n) is 11.0. The van der Waals surface area contributed by atoms with E-state index < -0.39 is 0 Å². The summed E-state index contributed by atoms with van der Waals surface area (Å²) in [4.78, 5) is 6.62. The van der Waals surface area contributed by atoms with Gasteiger partial charge in [0.1, 0.15) is 0 Å². The number of hydrogen-bond acceptors (Lipinski definition) is 3. The third-order valence-electron chi connectivity index (χ3n) is 3.56. The van der Waals surface area contributed by atoms with Crippen LogP contribution in [0.15, 0.2) is 48.8 Å². The number of benzene rings is 1. The van der Waals surface area contributed by atoms with Gasteiger partial charge in [-0.15, -0.1) is 0 Å². The van der Waals surface area contributed by atoms with Crippen LogP contribution in [0.25, 0.3) is 0 Å². The molecule has 19 heavy (non-hydrogen) atoms. The number of aromatic nitrogens is 1. The number of pyridine rings is 1. The highest BCUT2D eigenvalue weighted by molar-refractivity contribution is 5.39. The molecule has 2 N–H and O–H groups in total. The van der Waals surface area contributed by atoms with Crippen molar-refractivity contribution >= 4 is 5.69 Å². The second kappa shape index (κ2) is 5.41. The maximum absolute atomic E-state index is 5.73. The van der Waals surface area contributed by atoms with Gasteiger partial charge in [-0.05, 0) is 48.2 Å². The fourth-order valence-corrected chi connectivity index (χ4v) is 2.33. The van der Waals surface area contributed by atoms with Crippen molar-refractivity contribution in [3.63, 3.8) is 0 Å². The first-order valence-electron chi connectivity index (χ1n) is 6.78. The van der Waals surface area contributed by atoms with Crippen LogP contribution >= 0.6 is 0 Å². The molecule has 1 fully saturated rings. The van der Waals surface area contributed by atoms with E-state index in [1.165, 1.54) is 24.0 Å². The van der Waals surface area contributed by atoms with Crippen LogP contribution < -0.4 is 5.73 Å². The smallest absolute Gasteiger partial charge is 0.0314 e. The highest BCUT2D eigenvalue weighted by atomic mass is 15.2. The number of rotatable bonds is 5. The van der Waals surface area contributed by atoms with Crippen molar-refractivity contribution in [1.82, 2.24) is 9.88 Å². The molecule has 0 bridgehead atoms. The van der Waals surface area contributed by atoms with E-state index in [0.717, 1.165) is 24.8 Å². The Hall–Kier alpha value is -1.87.